The van der Waals surface area contributed by atoms with Crippen LogP contribution in [0.25, 0.3) is 11.5 Å². The lowest BCUT2D eigenvalue weighted by atomic mass is 10.1. The number of ether oxygens (including phenoxy) is 2. The first-order valence-electron chi connectivity index (χ1n) is 9.23. The van der Waals surface area contributed by atoms with Crippen LogP contribution in [0.4, 0.5) is 0 Å². The molecule has 0 saturated heterocycles. The molecule has 0 radical (unpaired) electrons. The van der Waals surface area contributed by atoms with Gasteiger partial charge in [0.15, 0.2) is 6.61 Å². The van der Waals surface area contributed by atoms with Crippen molar-refractivity contribution < 1.29 is 18.3 Å². The number of para-hydroxylation sites is 1. The molecule has 0 bridgehead atoms. The first-order chi connectivity index (χ1) is 14.6. The second-order valence-corrected chi connectivity index (χ2v) is 7.41. The van der Waals surface area contributed by atoms with Gasteiger partial charge in [-0.05, 0) is 49.2 Å². The summed E-state index contributed by atoms with van der Waals surface area (Å²) in [6, 6.07) is 13.4. The lowest BCUT2D eigenvalue weighted by Crippen LogP contribution is -1.96. The smallest absolute Gasteiger partial charge is 0.277 e. The lowest BCUT2D eigenvalue weighted by molar-refractivity contribution is 0.252. The van der Waals surface area contributed by atoms with E-state index in [9.17, 15) is 0 Å². The minimum atomic E-state index is 0.203. The van der Waals surface area contributed by atoms with E-state index < -0.39 is 0 Å². The summed E-state index contributed by atoms with van der Waals surface area (Å²) in [6.45, 7) is 4.30. The number of hydrogen-bond donors (Lipinski definition) is 0. The SMILES string of the molecule is COc1ccccc1-c1nnc(CSc2nnc(COc3ccc(C)c(C)c3)o2)o1. The lowest BCUT2D eigenvalue weighted by Gasteiger charge is -2.05. The maximum Gasteiger partial charge on any atom is 0.277 e. The Morgan fingerprint density at radius 3 is 2.57 bits per heavy atom. The number of rotatable bonds is 8. The quantitative estimate of drug-likeness (QED) is 0.375. The Balaban J connectivity index is 1.33. The predicted octanol–water partition coefficient (Wildman–Crippen LogP) is 4.62. The second-order valence-electron chi connectivity index (χ2n) is 6.49. The first-order valence-corrected chi connectivity index (χ1v) is 10.2. The van der Waals surface area contributed by atoms with E-state index in [1.54, 1.807) is 7.11 Å². The zero-order valence-electron chi connectivity index (χ0n) is 16.8. The van der Waals surface area contributed by atoms with Crippen LogP contribution in [0.2, 0.25) is 0 Å². The maximum absolute atomic E-state index is 5.73. The minimum Gasteiger partial charge on any atom is -0.496 e. The van der Waals surface area contributed by atoms with Crippen LogP contribution in [-0.4, -0.2) is 27.5 Å². The van der Waals surface area contributed by atoms with Crippen LogP contribution < -0.4 is 9.47 Å². The second kappa shape index (κ2) is 9.00. The zero-order chi connectivity index (χ0) is 20.9. The maximum atomic E-state index is 5.73. The summed E-state index contributed by atoms with van der Waals surface area (Å²) < 4.78 is 22.4. The van der Waals surface area contributed by atoms with Crippen LogP contribution in [0.1, 0.15) is 22.9 Å². The van der Waals surface area contributed by atoms with Crippen molar-refractivity contribution in [3.8, 4) is 23.0 Å². The Labute approximate surface area is 177 Å². The Bertz CT molecular complexity index is 1140. The summed E-state index contributed by atoms with van der Waals surface area (Å²) in [7, 11) is 1.60. The molecule has 0 unspecified atom stereocenters. The van der Waals surface area contributed by atoms with Crippen molar-refractivity contribution in [3.63, 3.8) is 0 Å². The summed E-state index contributed by atoms with van der Waals surface area (Å²) in [6.07, 6.45) is 0. The summed E-state index contributed by atoms with van der Waals surface area (Å²) in [4.78, 5) is 0. The third-order valence-electron chi connectivity index (χ3n) is 4.41. The van der Waals surface area contributed by atoms with Crippen molar-refractivity contribution >= 4 is 11.8 Å². The normalized spacial score (nSPS) is 10.9. The molecule has 0 N–H and O–H groups in total. The minimum absolute atomic E-state index is 0.203. The van der Waals surface area contributed by atoms with E-state index in [2.05, 4.69) is 27.3 Å². The monoisotopic (exact) mass is 424 g/mol. The fourth-order valence-corrected chi connectivity index (χ4v) is 3.29. The highest BCUT2D eigenvalue weighted by molar-refractivity contribution is 7.98. The van der Waals surface area contributed by atoms with Gasteiger partial charge in [0.2, 0.25) is 5.89 Å². The number of benzene rings is 2. The van der Waals surface area contributed by atoms with Gasteiger partial charge in [-0.2, -0.15) is 0 Å². The molecule has 0 aliphatic rings. The third-order valence-corrected chi connectivity index (χ3v) is 5.22. The molecule has 0 spiro atoms. The van der Waals surface area contributed by atoms with Crippen molar-refractivity contribution in [3.05, 3.63) is 65.4 Å². The van der Waals surface area contributed by atoms with Crippen molar-refractivity contribution in [2.75, 3.05) is 7.11 Å². The van der Waals surface area contributed by atoms with E-state index in [1.165, 1.54) is 22.9 Å². The number of aromatic nitrogens is 4. The first kappa shape index (κ1) is 20.0. The average molecular weight is 424 g/mol. The number of thioether (sulfide) groups is 1. The van der Waals surface area contributed by atoms with Crippen LogP contribution in [0.15, 0.2) is 56.5 Å². The number of methoxy groups -OCH3 is 1. The highest BCUT2D eigenvalue weighted by Crippen LogP contribution is 2.29. The van der Waals surface area contributed by atoms with Gasteiger partial charge in [0.25, 0.3) is 17.0 Å². The Hall–Kier alpha value is -3.33. The van der Waals surface area contributed by atoms with Crippen molar-refractivity contribution in [1.29, 1.82) is 0 Å². The van der Waals surface area contributed by atoms with Crippen LogP contribution in [-0.2, 0) is 12.4 Å². The molecule has 4 rings (SSSR count). The van der Waals surface area contributed by atoms with E-state index in [-0.39, 0.29) is 6.61 Å². The molecule has 0 aliphatic heterocycles. The van der Waals surface area contributed by atoms with E-state index in [0.29, 0.717) is 34.4 Å². The molecule has 0 amide bonds. The van der Waals surface area contributed by atoms with Gasteiger partial charge >= 0.3 is 0 Å². The van der Waals surface area contributed by atoms with Gasteiger partial charge in [0, 0.05) is 0 Å². The molecule has 2 aromatic heterocycles. The van der Waals surface area contributed by atoms with Gasteiger partial charge < -0.3 is 18.3 Å². The van der Waals surface area contributed by atoms with Gasteiger partial charge in [0.05, 0.1) is 18.4 Å². The van der Waals surface area contributed by atoms with Gasteiger partial charge in [-0.25, -0.2) is 0 Å². The average Bonchev–Trinajstić information content (AvgIpc) is 3.42. The van der Waals surface area contributed by atoms with Crippen LogP contribution >= 0.6 is 11.8 Å². The van der Waals surface area contributed by atoms with Crippen LogP contribution in [0, 0.1) is 13.8 Å². The third kappa shape index (κ3) is 4.62. The molecule has 30 heavy (non-hydrogen) atoms. The highest BCUT2D eigenvalue weighted by atomic mass is 32.2. The molecule has 0 fully saturated rings. The molecular formula is C21H20N4O4S. The largest absolute Gasteiger partial charge is 0.496 e. The number of aryl methyl sites for hydroxylation is 2. The Kier molecular flexibility index (Phi) is 5.99. The van der Waals surface area contributed by atoms with Gasteiger partial charge in [-0.1, -0.05) is 30.0 Å². The fraction of sp³-hybridized carbons (Fsp3) is 0.238. The van der Waals surface area contributed by atoms with Gasteiger partial charge in [-0.15, -0.1) is 20.4 Å². The molecule has 2 heterocycles. The molecule has 4 aromatic rings. The number of nitrogens with zero attached hydrogens (tertiary/aromatic N) is 4. The Morgan fingerprint density at radius 1 is 0.900 bits per heavy atom. The molecule has 9 heteroatoms. The molecular weight excluding hydrogens is 404 g/mol. The molecule has 0 atom stereocenters. The summed E-state index contributed by atoms with van der Waals surface area (Å²) in [5, 5.41) is 16.6. The van der Waals surface area contributed by atoms with Gasteiger partial charge in [-0.3, -0.25) is 0 Å². The molecule has 0 aliphatic carbocycles. The van der Waals surface area contributed by atoms with Crippen molar-refractivity contribution in [1.82, 2.24) is 20.4 Å². The fourth-order valence-electron chi connectivity index (χ4n) is 2.67. The van der Waals surface area contributed by atoms with Crippen molar-refractivity contribution in [2.24, 2.45) is 0 Å². The number of hydrogen-bond acceptors (Lipinski definition) is 9. The van der Waals surface area contributed by atoms with E-state index in [1.807, 2.05) is 49.4 Å². The van der Waals surface area contributed by atoms with E-state index in [0.717, 1.165) is 11.3 Å². The van der Waals surface area contributed by atoms with Crippen LogP contribution in [0.3, 0.4) is 0 Å². The molecule has 2 aromatic carbocycles. The van der Waals surface area contributed by atoms with Gasteiger partial charge in [0.1, 0.15) is 11.5 Å². The zero-order valence-corrected chi connectivity index (χ0v) is 17.6. The summed E-state index contributed by atoms with van der Waals surface area (Å²) in [5.74, 6) is 3.09. The predicted molar refractivity (Wildman–Crippen MR) is 110 cm³/mol. The van der Waals surface area contributed by atoms with Crippen LogP contribution in [0.5, 0.6) is 11.5 Å². The summed E-state index contributed by atoms with van der Waals surface area (Å²) >= 11 is 1.32. The van der Waals surface area contributed by atoms with Crippen molar-refractivity contribution in [2.45, 2.75) is 31.4 Å². The molecule has 0 saturated carbocycles. The standard InChI is InChI=1S/C21H20N4O4S/c1-13-8-9-15(10-14(13)2)27-11-18-22-25-21(29-18)30-12-19-23-24-20(28-19)16-6-4-5-7-17(16)26-3/h4-10H,11-12H2,1-3H3. The Morgan fingerprint density at radius 2 is 1.73 bits per heavy atom. The summed E-state index contributed by atoms with van der Waals surface area (Å²) in [5.41, 5.74) is 3.13. The highest BCUT2D eigenvalue weighted by Gasteiger charge is 2.15. The van der Waals surface area contributed by atoms with E-state index in [4.69, 9.17) is 18.3 Å². The molecule has 8 nitrogen and oxygen atoms in total. The topological polar surface area (TPSA) is 96.3 Å². The molecule has 154 valence electrons. The van der Waals surface area contributed by atoms with E-state index >= 15 is 0 Å².